The van der Waals surface area contributed by atoms with Crippen LogP contribution < -0.4 is 4.74 Å². The van der Waals surface area contributed by atoms with E-state index in [9.17, 15) is 8.42 Å². The van der Waals surface area contributed by atoms with Crippen molar-refractivity contribution in [3.63, 3.8) is 0 Å². The molecule has 1 atom stereocenters. The van der Waals surface area contributed by atoms with Gasteiger partial charge in [0.05, 0.1) is 31.3 Å². The highest BCUT2D eigenvalue weighted by Crippen LogP contribution is 2.30. The Bertz CT molecular complexity index is 595. The molecule has 122 valence electrons. The Kier molecular flexibility index (Phi) is 4.67. The molecule has 2 heterocycles. The molecule has 0 radical (unpaired) electrons. The molecule has 0 bridgehead atoms. The summed E-state index contributed by atoms with van der Waals surface area (Å²) >= 11 is 0. The molecule has 6 nitrogen and oxygen atoms in total. The van der Waals surface area contributed by atoms with Crippen molar-refractivity contribution in [3.8, 4) is 5.75 Å². The summed E-state index contributed by atoms with van der Waals surface area (Å²) in [6, 6.07) is 6.23. The van der Waals surface area contributed by atoms with Crippen LogP contribution in [0.15, 0.2) is 29.2 Å². The molecule has 3 rings (SSSR count). The smallest absolute Gasteiger partial charge is 0.243 e. The highest BCUT2D eigenvalue weighted by molar-refractivity contribution is 7.89. The van der Waals surface area contributed by atoms with E-state index >= 15 is 0 Å². The first kappa shape index (κ1) is 15.7. The normalized spacial score (nSPS) is 24.5. The summed E-state index contributed by atoms with van der Waals surface area (Å²) in [6.07, 6.45) is 2.16. The number of nitrogens with zero attached hydrogens (tertiary/aromatic N) is 1. The number of ether oxygens (including phenoxy) is 3. The zero-order valence-corrected chi connectivity index (χ0v) is 13.4. The summed E-state index contributed by atoms with van der Waals surface area (Å²) in [6.45, 7) is 1.55. The predicted octanol–water partition coefficient (Wildman–Crippen LogP) is 1.61. The van der Waals surface area contributed by atoms with Gasteiger partial charge in [-0.25, -0.2) is 8.42 Å². The van der Waals surface area contributed by atoms with E-state index in [0.29, 0.717) is 25.5 Å². The van der Waals surface area contributed by atoms with Crippen molar-refractivity contribution in [2.24, 2.45) is 0 Å². The molecule has 1 aromatic carbocycles. The number of rotatable bonds is 4. The fourth-order valence-corrected chi connectivity index (χ4v) is 4.66. The van der Waals surface area contributed by atoms with Crippen molar-refractivity contribution in [3.05, 3.63) is 24.3 Å². The maximum atomic E-state index is 12.9. The third-order valence-electron chi connectivity index (χ3n) is 4.13. The van der Waals surface area contributed by atoms with Crippen molar-refractivity contribution in [1.29, 1.82) is 0 Å². The van der Waals surface area contributed by atoms with Gasteiger partial charge in [-0.15, -0.1) is 0 Å². The maximum absolute atomic E-state index is 12.9. The Morgan fingerprint density at radius 1 is 1.14 bits per heavy atom. The molecule has 0 unspecified atom stereocenters. The third kappa shape index (κ3) is 2.99. The summed E-state index contributed by atoms with van der Waals surface area (Å²) in [5.41, 5.74) is 0. The molecule has 0 N–H and O–H groups in total. The van der Waals surface area contributed by atoms with Crippen molar-refractivity contribution in [1.82, 2.24) is 4.31 Å². The third-order valence-corrected chi connectivity index (χ3v) is 6.06. The number of hydrogen-bond acceptors (Lipinski definition) is 5. The number of hydrogen-bond donors (Lipinski definition) is 0. The average Bonchev–Trinajstić information content (AvgIpc) is 3.09. The van der Waals surface area contributed by atoms with Crippen LogP contribution in [0.25, 0.3) is 0 Å². The molecule has 1 aromatic rings. The van der Waals surface area contributed by atoms with Crippen LogP contribution in [-0.2, 0) is 19.5 Å². The predicted molar refractivity (Wildman–Crippen MR) is 80.2 cm³/mol. The Morgan fingerprint density at radius 2 is 1.82 bits per heavy atom. The summed E-state index contributed by atoms with van der Waals surface area (Å²) in [5, 5.41) is 0. The first-order chi connectivity index (χ1) is 10.6. The molecule has 0 amide bonds. The first-order valence-electron chi connectivity index (χ1n) is 7.52. The number of benzene rings is 1. The second kappa shape index (κ2) is 6.54. The minimum atomic E-state index is -3.56. The molecule has 2 aliphatic rings. The van der Waals surface area contributed by atoms with E-state index in [2.05, 4.69) is 0 Å². The van der Waals surface area contributed by atoms with Gasteiger partial charge < -0.3 is 14.2 Å². The van der Waals surface area contributed by atoms with E-state index in [0.717, 1.165) is 19.3 Å². The molecule has 0 spiro atoms. The van der Waals surface area contributed by atoms with Crippen LogP contribution in [0.1, 0.15) is 19.3 Å². The molecular formula is C15H21NO5S. The van der Waals surface area contributed by atoms with Gasteiger partial charge in [0.2, 0.25) is 10.0 Å². The van der Waals surface area contributed by atoms with Gasteiger partial charge in [0, 0.05) is 6.54 Å². The summed E-state index contributed by atoms with van der Waals surface area (Å²) in [5.74, 6) is 0.636. The van der Waals surface area contributed by atoms with Crippen molar-refractivity contribution >= 4 is 10.0 Å². The van der Waals surface area contributed by atoms with Crippen LogP contribution in [-0.4, -0.2) is 51.9 Å². The fraction of sp³-hybridized carbons (Fsp3) is 0.600. The lowest BCUT2D eigenvalue weighted by molar-refractivity contribution is -0.0913. The summed E-state index contributed by atoms with van der Waals surface area (Å²) in [4.78, 5) is 0.276. The van der Waals surface area contributed by atoms with E-state index in [-0.39, 0.29) is 10.9 Å². The van der Waals surface area contributed by atoms with Gasteiger partial charge in [-0.05, 0) is 37.1 Å². The molecule has 0 saturated carbocycles. The lowest BCUT2D eigenvalue weighted by atomic mass is 10.0. The van der Waals surface area contributed by atoms with Gasteiger partial charge in [-0.1, -0.05) is 6.42 Å². The van der Waals surface area contributed by atoms with Gasteiger partial charge in [0.15, 0.2) is 6.29 Å². The molecule has 2 fully saturated rings. The molecule has 2 aliphatic heterocycles. The van der Waals surface area contributed by atoms with Crippen LogP contribution in [0.5, 0.6) is 5.75 Å². The first-order valence-corrected chi connectivity index (χ1v) is 8.96. The van der Waals surface area contributed by atoms with Gasteiger partial charge in [-0.2, -0.15) is 4.31 Å². The van der Waals surface area contributed by atoms with Gasteiger partial charge >= 0.3 is 0 Å². The van der Waals surface area contributed by atoms with E-state index < -0.39 is 16.3 Å². The van der Waals surface area contributed by atoms with Crippen LogP contribution in [0, 0.1) is 0 Å². The van der Waals surface area contributed by atoms with E-state index in [1.807, 2.05) is 0 Å². The SMILES string of the molecule is COc1ccc(S(=O)(=O)N2CCCC[C@@H]2C2OCCO2)cc1. The fourth-order valence-electron chi connectivity index (χ4n) is 2.98. The number of sulfonamides is 1. The van der Waals surface area contributed by atoms with Crippen LogP contribution in [0.4, 0.5) is 0 Å². The maximum Gasteiger partial charge on any atom is 0.243 e. The van der Waals surface area contributed by atoms with Crippen LogP contribution in [0.2, 0.25) is 0 Å². The second-order valence-corrected chi connectivity index (χ2v) is 7.35. The van der Waals surface area contributed by atoms with Gasteiger partial charge in [-0.3, -0.25) is 0 Å². The highest BCUT2D eigenvalue weighted by Gasteiger charge is 2.40. The lowest BCUT2D eigenvalue weighted by Gasteiger charge is -2.36. The minimum Gasteiger partial charge on any atom is -0.497 e. The topological polar surface area (TPSA) is 65.1 Å². The Morgan fingerprint density at radius 3 is 2.45 bits per heavy atom. The molecule has 22 heavy (non-hydrogen) atoms. The standard InChI is InChI=1S/C15H21NO5S/c1-19-12-5-7-13(8-6-12)22(17,18)16-9-3-2-4-14(16)15-20-10-11-21-15/h5-8,14-15H,2-4,9-11H2,1H3/t14-/m1/s1. The molecule has 7 heteroatoms. The minimum absolute atomic E-state index is 0.247. The quantitative estimate of drug-likeness (QED) is 0.841. The lowest BCUT2D eigenvalue weighted by Crippen LogP contribution is -2.50. The molecular weight excluding hydrogens is 306 g/mol. The average molecular weight is 327 g/mol. The van der Waals surface area contributed by atoms with Crippen molar-refractivity contribution in [2.45, 2.75) is 36.5 Å². The zero-order chi connectivity index (χ0) is 15.6. The van der Waals surface area contributed by atoms with Crippen molar-refractivity contribution < 1.29 is 22.6 Å². The summed E-state index contributed by atoms with van der Waals surface area (Å²) < 4.78 is 43.6. The van der Waals surface area contributed by atoms with Crippen LogP contribution >= 0.6 is 0 Å². The Labute approximate surface area is 131 Å². The second-order valence-electron chi connectivity index (χ2n) is 5.46. The van der Waals surface area contributed by atoms with Gasteiger partial charge in [0.1, 0.15) is 5.75 Å². The molecule has 0 aliphatic carbocycles. The molecule has 0 aromatic heterocycles. The van der Waals surface area contributed by atoms with Crippen LogP contribution in [0.3, 0.4) is 0 Å². The Hall–Kier alpha value is -1.15. The molecule has 2 saturated heterocycles. The highest BCUT2D eigenvalue weighted by atomic mass is 32.2. The van der Waals surface area contributed by atoms with E-state index in [1.165, 1.54) is 4.31 Å². The Balaban J connectivity index is 1.87. The number of methoxy groups -OCH3 is 1. The zero-order valence-electron chi connectivity index (χ0n) is 12.6. The monoisotopic (exact) mass is 327 g/mol. The summed E-state index contributed by atoms with van der Waals surface area (Å²) in [7, 11) is -2.00. The van der Waals surface area contributed by atoms with Gasteiger partial charge in [0.25, 0.3) is 0 Å². The largest absolute Gasteiger partial charge is 0.497 e. The number of piperidine rings is 1. The van der Waals surface area contributed by atoms with Crippen molar-refractivity contribution in [2.75, 3.05) is 26.9 Å². The van der Waals surface area contributed by atoms with E-state index in [4.69, 9.17) is 14.2 Å². The van der Waals surface area contributed by atoms with E-state index in [1.54, 1.807) is 31.4 Å².